The molecule has 0 spiro atoms. The van der Waals surface area contributed by atoms with Crippen molar-refractivity contribution in [1.82, 2.24) is 10.6 Å². The molecule has 0 aromatic rings. The summed E-state index contributed by atoms with van der Waals surface area (Å²) < 4.78 is 5.06. The van der Waals surface area contributed by atoms with Crippen LogP contribution in [0.4, 0.5) is 4.79 Å². The Labute approximate surface area is 107 Å². The summed E-state index contributed by atoms with van der Waals surface area (Å²) in [6.45, 7) is 5.88. The SMILES string of the molecule is CC(C)(C)OC(=O)N[C@H](C#N)C[C@@H]1CCNC1=O. The van der Waals surface area contributed by atoms with Crippen LogP contribution in [0, 0.1) is 17.2 Å². The molecule has 0 unspecified atom stereocenters. The summed E-state index contributed by atoms with van der Waals surface area (Å²) >= 11 is 0. The number of rotatable bonds is 3. The fourth-order valence-electron chi connectivity index (χ4n) is 1.75. The van der Waals surface area contributed by atoms with Crippen LogP contribution in [0.1, 0.15) is 33.6 Å². The summed E-state index contributed by atoms with van der Waals surface area (Å²) in [5.74, 6) is -0.258. The average Bonchev–Trinajstić information content (AvgIpc) is 2.60. The van der Waals surface area contributed by atoms with E-state index in [-0.39, 0.29) is 11.8 Å². The van der Waals surface area contributed by atoms with Crippen LogP contribution in [0.15, 0.2) is 0 Å². The van der Waals surface area contributed by atoms with E-state index in [2.05, 4.69) is 10.6 Å². The fraction of sp³-hybridized carbons (Fsp3) is 0.750. The second kappa shape index (κ2) is 5.71. The summed E-state index contributed by atoms with van der Waals surface area (Å²) in [6, 6.07) is 1.27. The van der Waals surface area contributed by atoms with Gasteiger partial charge >= 0.3 is 6.09 Å². The van der Waals surface area contributed by atoms with E-state index >= 15 is 0 Å². The van der Waals surface area contributed by atoms with Crippen molar-refractivity contribution in [2.24, 2.45) is 5.92 Å². The molecular weight excluding hydrogens is 234 g/mol. The van der Waals surface area contributed by atoms with E-state index in [1.54, 1.807) is 20.8 Å². The smallest absolute Gasteiger partial charge is 0.408 e. The van der Waals surface area contributed by atoms with Gasteiger partial charge in [0.2, 0.25) is 5.91 Å². The highest BCUT2D eigenvalue weighted by Gasteiger charge is 2.28. The average molecular weight is 253 g/mol. The van der Waals surface area contributed by atoms with Crippen LogP contribution in [0.3, 0.4) is 0 Å². The van der Waals surface area contributed by atoms with Crippen LogP contribution in [0.2, 0.25) is 0 Å². The Morgan fingerprint density at radius 3 is 2.78 bits per heavy atom. The number of alkyl carbamates (subject to hydrolysis) is 1. The molecule has 0 bridgehead atoms. The zero-order valence-electron chi connectivity index (χ0n) is 10.9. The molecule has 0 saturated carbocycles. The second-order valence-electron chi connectivity index (χ2n) is 5.34. The van der Waals surface area contributed by atoms with Gasteiger partial charge in [0.1, 0.15) is 11.6 Å². The lowest BCUT2D eigenvalue weighted by atomic mass is 9.99. The third-order valence-electron chi connectivity index (χ3n) is 2.53. The van der Waals surface area contributed by atoms with E-state index in [1.807, 2.05) is 6.07 Å². The topological polar surface area (TPSA) is 91.2 Å². The van der Waals surface area contributed by atoms with Gasteiger partial charge in [-0.2, -0.15) is 5.26 Å². The lowest BCUT2D eigenvalue weighted by Gasteiger charge is -2.21. The Bertz CT molecular complexity index is 368. The Balaban J connectivity index is 2.45. The summed E-state index contributed by atoms with van der Waals surface area (Å²) in [4.78, 5) is 22.9. The zero-order chi connectivity index (χ0) is 13.8. The van der Waals surface area contributed by atoms with Crippen LogP contribution in [0.5, 0.6) is 0 Å². The molecule has 1 heterocycles. The Morgan fingerprint density at radius 2 is 2.33 bits per heavy atom. The van der Waals surface area contributed by atoms with Crippen LogP contribution < -0.4 is 10.6 Å². The van der Waals surface area contributed by atoms with Crippen molar-refractivity contribution in [3.8, 4) is 6.07 Å². The van der Waals surface area contributed by atoms with Crippen molar-refractivity contribution in [3.63, 3.8) is 0 Å². The normalized spacial score (nSPS) is 20.8. The molecule has 100 valence electrons. The Morgan fingerprint density at radius 1 is 1.67 bits per heavy atom. The molecule has 0 aliphatic carbocycles. The molecule has 0 radical (unpaired) electrons. The summed E-state index contributed by atoms with van der Waals surface area (Å²) in [6.07, 6.45) is 0.390. The van der Waals surface area contributed by atoms with Crippen LogP contribution in [0.25, 0.3) is 0 Å². The molecule has 1 saturated heterocycles. The Kier molecular flexibility index (Phi) is 4.54. The molecule has 2 N–H and O–H groups in total. The largest absolute Gasteiger partial charge is 0.444 e. The van der Waals surface area contributed by atoms with E-state index < -0.39 is 17.7 Å². The van der Waals surface area contributed by atoms with Gasteiger partial charge in [-0.05, 0) is 33.6 Å². The van der Waals surface area contributed by atoms with Gasteiger partial charge in [-0.15, -0.1) is 0 Å². The number of nitrogens with zero attached hydrogens (tertiary/aromatic N) is 1. The van der Waals surface area contributed by atoms with Crippen molar-refractivity contribution in [2.45, 2.75) is 45.3 Å². The van der Waals surface area contributed by atoms with Gasteiger partial charge in [-0.25, -0.2) is 4.79 Å². The van der Waals surface area contributed by atoms with E-state index in [1.165, 1.54) is 0 Å². The number of nitriles is 1. The highest BCUT2D eigenvalue weighted by molar-refractivity contribution is 5.80. The first-order chi connectivity index (χ1) is 8.31. The molecule has 0 aromatic heterocycles. The van der Waals surface area contributed by atoms with Crippen LogP contribution in [-0.2, 0) is 9.53 Å². The molecule has 6 heteroatoms. The van der Waals surface area contributed by atoms with Crippen molar-refractivity contribution >= 4 is 12.0 Å². The van der Waals surface area contributed by atoms with Gasteiger partial charge < -0.3 is 15.4 Å². The van der Waals surface area contributed by atoms with E-state index in [0.717, 1.165) is 0 Å². The fourth-order valence-corrected chi connectivity index (χ4v) is 1.75. The minimum absolute atomic E-state index is 0.0544. The van der Waals surface area contributed by atoms with Crippen molar-refractivity contribution in [1.29, 1.82) is 5.26 Å². The Hall–Kier alpha value is -1.77. The minimum Gasteiger partial charge on any atom is -0.444 e. The molecule has 18 heavy (non-hydrogen) atoms. The highest BCUT2D eigenvalue weighted by Crippen LogP contribution is 2.16. The first-order valence-corrected chi connectivity index (χ1v) is 5.98. The van der Waals surface area contributed by atoms with Gasteiger partial charge in [0, 0.05) is 12.5 Å². The molecule has 6 nitrogen and oxygen atoms in total. The van der Waals surface area contributed by atoms with Gasteiger partial charge in [0.25, 0.3) is 0 Å². The quantitative estimate of drug-likeness (QED) is 0.782. The predicted molar refractivity (Wildman–Crippen MR) is 64.5 cm³/mol. The van der Waals surface area contributed by atoms with Gasteiger partial charge in [0.15, 0.2) is 0 Å². The predicted octanol–water partition coefficient (Wildman–Crippen LogP) is 0.929. The number of carbonyl (C=O) groups excluding carboxylic acids is 2. The maximum atomic E-state index is 11.5. The molecule has 0 aromatic carbocycles. The molecule has 1 rings (SSSR count). The summed E-state index contributed by atoms with van der Waals surface area (Å²) in [5.41, 5.74) is -0.602. The lowest BCUT2D eigenvalue weighted by Crippen LogP contribution is -2.40. The zero-order valence-corrected chi connectivity index (χ0v) is 10.9. The maximum Gasteiger partial charge on any atom is 0.408 e. The maximum absolute atomic E-state index is 11.5. The van der Waals surface area contributed by atoms with E-state index in [0.29, 0.717) is 19.4 Å². The van der Waals surface area contributed by atoms with E-state index in [4.69, 9.17) is 10.00 Å². The third-order valence-corrected chi connectivity index (χ3v) is 2.53. The first kappa shape index (κ1) is 14.3. The minimum atomic E-state index is -0.700. The monoisotopic (exact) mass is 253 g/mol. The molecule has 1 fully saturated rings. The second-order valence-corrected chi connectivity index (χ2v) is 5.34. The summed E-state index contributed by atoms with van der Waals surface area (Å²) in [5, 5.41) is 14.1. The molecular formula is C12H19N3O3. The van der Waals surface area contributed by atoms with Crippen molar-refractivity contribution in [3.05, 3.63) is 0 Å². The number of nitrogens with one attached hydrogen (secondary N) is 2. The highest BCUT2D eigenvalue weighted by atomic mass is 16.6. The molecule has 1 aliphatic rings. The van der Waals surface area contributed by atoms with E-state index in [9.17, 15) is 9.59 Å². The van der Waals surface area contributed by atoms with Crippen molar-refractivity contribution in [2.75, 3.05) is 6.54 Å². The number of carbonyl (C=O) groups is 2. The first-order valence-electron chi connectivity index (χ1n) is 5.98. The van der Waals surface area contributed by atoms with Gasteiger partial charge in [0.05, 0.1) is 6.07 Å². The summed E-state index contributed by atoms with van der Waals surface area (Å²) in [7, 11) is 0. The third kappa shape index (κ3) is 4.62. The number of ether oxygens (including phenoxy) is 1. The molecule has 2 amide bonds. The van der Waals surface area contributed by atoms with Crippen LogP contribution >= 0.6 is 0 Å². The molecule has 1 aliphatic heterocycles. The lowest BCUT2D eigenvalue weighted by molar-refractivity contribution is -0.122. The van der Waals surface area contributed by atoms with Crippen LogP contribution in [-0.4, -0.2) is 30.2 Å². The number of hydrogen-bond donors (Lipinski definition) is 2. The number of amides is 2. The van der Waals surface area contributed by atoms with Gasteiger partial charge in [-0.3, -0.25) is 4.79 Å². The van der Waals surface area contributed by atoms with Gasteiger partial charge in [-0.1, -0.05) is 0 Å². The number of hydrogen-bond acceptors (Lipinski definition) is 4. The molecule has 2 atom stereocenters. The van der Waals surface area contributed by atoms with Crippen molar-refractivity contribution < 1.29 is 14.3 Å². The standard InChI is InChI=1S/C12H19N3O3/c1-12(2,3)18-11(17)15-9(7-13)6-8-4-5-14-10(8)16/h8-9H,4-6H2,1-3H3,(H,14,16)(H,15,17)/t8-,9-/m0/s1.